The zero-order valence-corrected chi connectivity index (χ0v) is 15.4. The smallest absolute Gasteiger partial charge is 0.224 e. The fourth-order valence-corrected chi connectivity index (χ4v) is 3.67. The van der Waals surface area contributed by atoms with Crippen LogP contribution < -0.4 is 5.32 Å². The molecule has 6 heteroatoms. The number of aromatic nitrogens is 1. The fourth-order valence-electron chi connectivity index (χ4n) is 3.15. The van der Waals surface area contributed by atoms with Gasteiger partial charge in [0.15, 0.2) is 0 Å². The number of carbonyl (C=O) groups is 1. The summed E-state index contributed by atoms with van der Waals surface area (Å²) in [6.07, 6.45) is 5.37. The van der Waals surface area contributed by atoms with E-state index in [0.29, 0.717) is 23.1 Å². The highest BCUT2D eigenvalue weighted by Crippen LogP contribution is 2.27. The SMILES string of the molecule is O=C(NCc1ccncc1)C1CCCN(Cc2c(Cl)cccc2Cl)C1. The molecule has 3 rings (SSSR count). The van der Waals surface area contributed by atoms with Crippen molar-refractivity contribution in [1.82, 2.24) is 15.2 Å². The Balaban J connectivity index is 1.56. The van der Waals surface area contributed by atoms with Crippen molar-refractivity contribution in [2.75, 3.05) is 13.1 Å². The molecular formula is C19H21Cl2N3O. The maximum Gasteiger partial charge on any atom is 0.224 e. The molecule has 4 nitrogen and oxygen atoms in total. The Morgan fingerprint density at radius 2 is 1.92 bits per heavy atom. The number of rotatable bonds is 5. The number of carbonyl (C=O) groups excluding carboxylic acids is 1. The van der Waals surface area contributed by atoms with Crippen LogP contribution in [0.4, 0.5) is 0 Å². The topological polar surface area (TPSA) is 45.2 Å². The van der Waals surface area contributed by atoms with Gasteiger partial charge in [-0.15, -0.1) is 0 Å². The minimum Gasteiger partial charge on any atom is -0.352 e. The van der Waals surface area contributed by atoms with Gasteiger partial charge in [-0.3, -0.25) is 14.7 Å². The lowest BCUT2D eigenvalue weighted by Gasteiger charge is -2.32. The summed E-state index contributed by atoms with van der Waals surface area (Å²) in [6, 6.07) is 9.37. The van der Waals surface area contributed by atoms with Crippen molar-refractivity contribution in [3.8, 4) is 0 Å². The van der Waals surface area contributed by atoms with E-state index in [0.717, 1.165) is 37.1 Å². The van der Waals surface area contributed by atoms with Gasteiger partial charge in [0.05, 0.1) is 5.92 Å². The number of benzene rings is 1. The Hall–Kier alpha value is -1.62. The molecule has 1 amide bonds. The number of nitrogens with zero attached hydrogens (tertiary/aromatic N) is 2. The van der Waals surface area contributed by atoms with E-state index in [1.807, 2.05) is 30.3 Å². The number of halogens is 2. The minimum atomic E-state index is -0.00292. The van der Waals surface area contributed by atoms with Gasteiger partial charge >= 0.3 is 0 Å². The molecule has 132 valence electrons. The van der Waals surface area contributed by atoms with Crippen molar-refractivity contribution in [3.63, 3.8) is 0 Å². The highest BCUT2D eigenvalue weighted by atomic mass is 35.5. The summed E-state index contributed by atoms with van der Waals surface area (Å²) in [7, 11) is 0. The van der Waals surface area contributed by atoms with Crippen LogP contribution in [0, 0.1) is 5.92 Å². The third-order valence-corrected chi connectivity index (χ3v) is 5.24. The number of nitrogens with one attached hydrogen (secondary N) is 1. The number of hydrogen-bond donors (Lipinski definition) is 1. The van der Waals surface area contributed by atoms with E-state index in [9.17, 15) is 4.79 Å². The van der Waals surface area contributed by atoms with Gasteiger partial charge in [-0.25, -0.2) is 0 Å². The molecule has 2 heterocycles. The minimum absolute atomic E-state index is 0.00292. The van der Waals surface area contributed by atoms with Gasteiger partial charge in [0.2, 0.25) is 5.91 Å². The van der Waals surface area contributed by atoms with E-state index < -0.39 is 0 Å². The van der Waals surface area contributed by atoms with Crippen LogP contribution in [0.5, 0.6) is 0 Å². The van der Waals surface area contributed by atoms with Crippen LogP contribution in [0.15, 0.2) is 42.7 Å². The molecule has 1 atom stereocenters. The van der Waals surface area contributed by atoms with Crippen molar-refractivity contribution >= 4 is 29.1 Å². The molecule has 1 aromatic carbocycles. The van der Waals surface area contributed by atoms with Gasteiger partial charge in [0.1, 0.15) is 0 Å². The van der Waals surface area contributed by atoms with Crippen molar-refractivity contribution in [1.29, 1.82) is 0 Å². The maximum atomic E-state index is 12.5. The van der Waals surface area contributed by atoms with Crippen molar-refractivity contribution in [3.05, 3.63) is 63.9 Å². The summed E-state index contributed by atoms with van der Waals surface area (Å²) in [5.41, 5.74) is 1.99. The lowest BCUT2D eigenvalue weighted by Crippen LogP contribution is -2.42. The second kappa shape index (κ2) is 8.65. The average Bonchev–Trinajstić information content (AvgIpc) is 2.64. The van der Waals surface area contributed by atoms with Crippen LogP contribution in [0.25, 0.3) is 0 Å². The van der Waals surface area contributed by atoms with E-state index in [1.54, 1.807) is 12.4 Å². The zero-order valence-electron chi connectivity index (χ0n) is 13.9. The molecule has 25 heavy (non-hydrogen) atoms. The van der Waals surface area contributed by atoms with Crippen molar-refractivity contribution in [2.24, 2.45) is 5.92 Å². The number of hydrogen-bond acceptors (Lipinski definition) is 3. The largest absolute Gasteiger partial charge is 0.352 e. The first-order valence-electron chi connectivity index (χ1n) is 8.45. The Morgan fingerprint density at radius 3 is 2.64 bits per heavy atom. The van der Waals surface area contributed by atoms with E-state index >= 15 is 0 Å². The van der Waals surface area contributed by atoms with Gasteiger partial charge in [0.25, 0.3) is 0 Å². The first kappa shape index (κ1) is 18.2. The van der Waals surface area contributed by atoms with E-state index in [-0.39, 0.29) is 11.8 Å². The van der Waals surface area contributed by atoms with E-state index in [4.69, 9.17) is 23.2 Å². The zero-order chi connectivity index (χ0) is 17.6. The maximum absolute atomic E-state index is 12.5. The summed E-state index contributed by atoms with van der Waals surface area (Å²) in [6.45, 7) is 2.89. The summed E-state index contributed by atoms with van der Waals surface area (Å²) >= 11 is 12.5. The van der Waals surface area contributed by atoms with Crippen LogP contribution in [0.3, 0.4) is 0 Å². The number of piperidine rings is 1. The molecule has 0 saturated carbocycles. The fraction of sp³-hybridized carbons (Fsp3) is 0.368. The third-order valence-electron chi connectivity index (χ3n) is 4.54. The molecule has 1 aliphatic heterocycles. The second-order valence-electron chi connectivity index (χ2n) is 6.35. The normalized spacial score (nSPS) is 18.1. The predicted octanol–water partition coefficient (Wildman–Crippen LogP) is 3.92. The quantitative estimate of drug-likeness (QED) is 0.858. The van der Waals surface area contributed by atoms with Gasteiger partial charge in [-0.2, -0.15) is 0 Å². The lowest BCUT2D eigenvalue weighted by molar-refractivity contribution is -0.126. The third kappa shape index (κ3) is 4.94. The molecule has 1 aromatic heterocycles. The Bertz CT molecular complexity index is 704. The monoisotopic (exact) mass is 377 g/mol. The molecule has 1 unspecified atom stereocenters. The highest BCUT2D eigenvalue weighted by molar-refractivity contribution is 6.35. The average molecular weight is 378 g/mol. The first-order valence-corrected chi connectivity index (χ1v) is 9.21. The Morgan fingerprint density at radius 1 is 1.20 bits per heavy atom. The first-order chi connectivity index (χ1) is 12.1. The summed E-state index contributed by atoms with van der Waals surface area (Å²) in [5.74, 6) is 0.101. The van der Waals surface area contributed by atoms with Crippen LogP contribution in [0.2, 0.25) is 10.0 Å². The number of amides is 1. The Labute approximate surface area is 158 Å². The molecule has 0 spiro atoms. The molecule has 0 radical (unpaired) electrons. The van der Waals surface area contributed by atoms with Gasteiger partial charge in [0, 0.05) is 47.6 Å². The molecule has 2 aromatic rings. The molecule has 1 saturated heterocycles. The van der Waals surface area contributed by atoms with Crippen LogP contribution in [-0.2, 0) is 17.9 Å². The summed E-state index contributed by atoms with van der Waals surface area (Å²) in [4.78, 5) is 18.7. The van der Waals surface area contributed by atoms with Crippen LogP contribution >= 0.6 is 23.2 Å². The molecule has 1 N–H and O–H groups in total. The van der Waals surface area contributed by atoms with Gasteiger partial charge in [-0.1, -0.05) is 29.3 Å². The predicted molar refractivity (Wildman–Crippen MR) is 101 cm³/mol. The van der Waals surface area contributed by atoms with Gasteiger partial charge < -0.3 is 5.32 Å². The van der Waals surface area contributed by atoms with Crippen LogP contribution in [-0.4, -0.2) is 28.9 Å². The highest BCUT2D eigenvalue weighted by Gasteiger charge is 2.26. The second-order valence-corrected chi connectivity index (χ2v) is 7.16. The molecule has 0 bridgehead atoms. The molecular weight excluding hydrogens is 357 g/mol. The van der Waals surface area contributed by atoms with Gasteiger partial charge in [-0.05, 0) is 49.2 Å². The number of pyridine rings is 1. The molecule has 1 fully saturated rings. The summed E-state index contributed by atoms with van der Waals surface area (Å²) < 4.78 is 0. The standard InChI is InChI=1S/C19H21Cl2N3O/c20-17-4-1-5-18(21)16(17)13-24-10-2-3-15(12-24)19(25)23-11-14-6-8-22-9-7-14/h1,4-9,15H,2-3,10-13H2,(H,23,25). The number of likely N-dealkylation sites (tertiary alicyclic amines) is 1. The Kier molecular flexibility index (Phi) is 6.29. The van der Waals surface area contributed by atoms with E-state index in [1.165, 1.54) is 0 Å². The van der Waals surface area contributed by atoms with E-state index in [2.05, 4.69) is 15.2 Å². The lowest BCUT2D eigenvalue weighted by atomic mass is 9.96. The summed E-state index contributed by atoms with van der Waals surface area (Å²) in [5, 5.41) is 4.39. The van der Waals surface area contributed by atoms with Crippen molar-refractivity contribution in [2.45, 2.75) is 25.9 Å². The molecule has 0 aliphatic carbocycles. The molecule has 1 aliphatic rings. The van der Waals surface area contributed by atoms with Crippen LogP contribution in [0.1, 0.15) is 24.0 Å². The van der Waals surface area contributed by atoms with Crippen molar-refractivity contribution < 1.29 is 4.79 Å².